The van der Waals surface area contributed by atoms with E-state index in [4.69, 9.17) is 9.97 Å². The second-order valence-electron chi connectivity index (χ2n) is 8.69. The molecule has 2 aliphatic heterocycles. The lowest BCUT2D eigenvalue weighted by Gasteiger charge is -2.36. The van der Waals surface area contributed by atoms with Crippen LogP contribution in [0.5, 0.6) is 0 Å². The Morgan fingerprint density at radius 2 is 2.00 bits per heavy atom. The molecule has 5 rings (SSSR count). The number of hydrogen-bond acceptors (Lipinski definition) is 5. The number of carbonyl (C=O) groups is 1. The Balaban J connectivity index is 1.48. The molecule has 1 amide bonds. The van der Waals surface area contributed by atoms with Gasteiger partial charge >= 0.3 is 0 Å². The zero-order chi connectivity index (χ0) is 19.8. The Kier molecular flexibility index (Phi) is 4.94. The summed E-state index contributed by atoms with van der Waals surface area (Å²) in [5.41, 5.74) is 2.89. The number of pyridine rings is 1. The molecule has 2 aromatic rings. The van der Waals surface area contributed by atoms with Gasteiger partial charge in [0.15, 0.2) is 5.82 Å². The highest BCUT2D eigenvalue weighted by Gasteiger charge is 2.34. The van der Waals surface area contributed by atoms with Gasteiger partial charge < -0.3 is 9.80 Å². The van der Waals surface area contributed by atoms with Gasteiger partial charge in [0.1, 0.15) is 11.5 Å². The highest BCUT2D eigenvalue weighted by Crippen LogP contribution is 2.37. The first kappa shape index (κ1) is 18.5. The highest BCUT2D eigenvalue weighted by atomic mass is 16.2. The Morgan fingerprint density at radius 3 is 2.79 bits per heavy atom. The molecule has 2 fully saturated rings. The molecule has 4 heterocycles. The molecule has 3 aliphatic rings. The van der Waals surface area contributed by atoms with Gasteiger partial charge in [0.05, 0.1) is 6.04 Å². The number of likely N-dealkylation sites (tertiary alicyclic amines) is 1. The number of amides is 1. The number of aryl methyl sites for hydroxylation is 1. The maximum Gasteiger partial charge on any atom is 0.273 e. The van der Waals surface area contributed by atoms with Crippen LogP contribution in [0.4, 0.5) is 5.82 Å². The molecular formula is C23H29N5O. The SMILES string of the molecule is Cc1nc([C@@H]2CCCCN2C(=O)c2ccccn2)nc2c1CCCN2CC1CC1. The van der Waals surface area contributed by atoms with Crippen molar-refractivity contribution < 1.29 is 4.79 Å². The maximum absolute atomic E-state index is 13.2. The van der Waals surface area contributed by atoms with Gasteiger partial charge in [-0.3, -0.25) is 9.78 Å². The number of aromatic nitrogens is 3. The minimum absolute atomic E-state index is 0.0101. The van der Waals surface area contributed by atoms with Gasteiger partial charge in [-0.05, 0) is 69.9 Å². The molecule has 1 saturated heterocycles. The van der Waals surface area contributed by atoms with Gasteiger partial charge in [-0.15, -0.1) is 0 Å². The van der Waals surface area contributed by atoms with Gasteiger partial charge in [-0.1, -0.05) is 6.07 Å². The molecule has 0 spiro atoms. The molecule has 0 aromatic carbocycles. The van der Waals surface area contributed by atoms with Gasteiger partial charge in [-0.2, -0.15) is 0 Å². The zero-order valence-corrected chi connectivity index (χ0v) is 17.2. The fourth-order valence-electron chi connectivity index (χ4n) is 4.73. The van der Waals surface area contributed by atoms with Gasteiger partial charge in [0.2, 0.25) is 0 Å². The van der Waals surface area contributed by atoms with E-state index in [1.807, 2.05) is 17.0 Å². The largest absolute Gasteiger partial charge is 0.356 e. The first-order chi connectivity index (χ1) is 14.2. The van der Waals surface area contributed by atoms with Gasteiger partial charge in [0, 0.05) is 37.1 Å². The van der Waals surface area contributed by atoms with Crippen molar-refractivity contribution in [3.8, 4) is 0 Å². The van der Waals surface area contributed by atoms with E-state index >= 15 is 0 Å². The molecule has 0 unspecified atom stereocenters. The van der Waals surface area contributed by atoms with Crippen molar-refractivity contribution in [3.05, 3.63) is 47.2 Å². The van der Waals surface area contributed by atoms with Crippen LogP contribution in [-0.4, -0.2) is 45.4 Å². The van der Waals surface area contributed by atoms with E-state index in [0.717, 1.165) is 68.6 Å². The van der Waals surface area contributed by atoms with Crippen molar-refractivity contribution in [1.29, 1.82) is 0 Å². The third kappa shape index (κ3) is 3.72. The Morgan fingerprint density at radius 1 is 1.10 bits per heavy atom. The van der Waals surface area contributed by atoms with E-state index in [1.54, 1.807) is 12.3 Å². The maximum atomic E-state index is 13.2. The summed E-state index contributed by atoms with van der Waals surface area (Å²) in [5, 5.41) is 0. The van der Waals surface area contributed by atoms with Gasteiger partial charge in [-0.25, -0.2) is 9.97 Å². The summed E-state index contributed by atoms with van der Waals surface area (Å²) in [5.74, 6) is 2.76. The van der Waals surface area contributed by atoms with Crippen LogP contribution >= 0.6 is 0 Å². The number of anilines is 1. The Hall–Kier alpha value is -2.50. The Labute approximate surface area is 172 Å². The van der Waals surface area contributed by atoms with Gasteiger partial charge in [0.25, 0.3) is 5.91 Å². The number of fused-ring (bicyclic) bond motifs is 1. The van der Waals surface area contributed by atoms with Crippen LogP contribution in [0, 0.1) is 12.8 Å². The smallest absolute Gasteiger partial charge is 0.273 e. The van der Waals surface area contributed by atoms with Crippen LogP contribution in [0.25, 0.3) is 0 Å². The summed E-state index contributed by atoms with van der Waals surface area (Å²) in [6.07, 6.45) is 9.64. The average Bonchev–Trinajstić information content (AvgIpc) is 3.58. The van der Waals surface area contributed by atoms with Crippen molar-refractivity contribution >= 4 is 11.7 Å². The monoisotopic (exact) mass is 391 g/mol. The number of nitrogens with zero attached hydrogens (tertiary/aromatic N) is 5. The number of piperidine rings is 1. The fourth-order valence-corrected chi connectivity index (χ4v) is 4.73. The minimum Gasteiger partial charge on any atom is -0.356 e. The van der Waals surface area contributed by atoms with Crippen LogP contribution in [-0.2, 0) is 6.42 Å². The summed E-state index contributed by atoms with van der Waals surface area (Å²) >= 11 is 0. The molecule has 1 aliphatic carbocycles. The summed E-state index contributed by atoms with van der Waals surface area (Å²) in [6.45, 7) is 5.05. The molecule has 0 bridgehead atoms. The first-order valence-corrected chi connectivity index (χ1v) is 11.0. The van der Waals surface area contributed by atoms with Crippen molar-refractivity contribution in [2.24, 2.45) is 5.92 Å². The van der Waals surface area contributed by atoms with E-state index in [9.17, 15) is 4.79 Å². The number of carbonyl (C=O) groups excluding carboxylic acids is 1. The molecule has 6 nitrogen and oxygen atoms in total. The molecule has 152 valence electrons. The van der Waals surface area contributed by atoms with E-state index < -0.39 is 0 Å². The fraction of sp³-hybridized carbons (Fsp3) is 0.565. The summed E-state index contributed by atoms with van der Waals surface area (Å²) in [6, 6.07) is 5.44. The number of hydrogen-bond donors (Lipinski definition) is 0. The van der Waals surface area contributed by atoms with Crippen molar-refractivity contribution in [2.75, 3.05) is 24.5 Å². The first-order valence-electron chi connectivity index (χ1n) is 11.0. The van der Waals surface area contributed by atoms with Crippen LogP contribution in [0.3, 0.4) is 0 Å². The third-order valence-corrected chi connectivity index (χ3v) is 6.48. The molecule has 1 atom stereocenters. The number of rotatable bonds is 4. The molecule has 29 heavy (non-hydrogen) atoms. The zero-order valence-electron chi connectivity index (χ0n) is 17.2. The summed E-state index contributed by atoms with van der Waals surface area (Å²) in [7, 11) is 0. The minimum atomic E-state index is -0.0630. The van der Waals surface area contributed by atoms with Crippen LogP contribution in [0.2, 0.25) is 0 Å². The molecule has 0 radical (unpaired) electrons. The normalized spacial score (nSPS) is 21.8. The third-order valence-electron chi connectivity index (χ3n) is 6.48. The predicted octanol–water partition coefficient (Wildman–Crippen LogP) is 3.71. The molecule has 0 N–H and O–H groups in total. The highest BCUT2D eigenvalue weighted by molar-refractivity contribution is 5.92. The summed E-state index contributed by atoms with van der Waals surface area (Å²) < 4.78 is 0. The molecule has 6 heteroatoms. The lowest BCUT2D eigenvalue weighted by molar-refractivity contribution is 0.0593. The van der Waals surface area contributed by atoms with E-state index in [2.05, 4.69) is 16.8 Å². The lowest BCUT2D eigenvalue weighted by Crippen LogP contribution is -2.40. The second kappa shape index (κ2) is 7.73. The van der Waals surface area contributed by atoms with E-state index in [0.29, 0.717) is 5.69 Å². The van der Waals surface area contributed by atoms with Crippen LogP contribution in [0.15, 0.2) is 24.4 Å². The molecule has 2 aromatic heterocycles. The second-order valence-corrected chi connectivity index (χ2v) is 8.69. The average molecular weight is 392 g/mol. The topological polar surface area (TPSA) is 62.2 Å². The summed E-state index contributed by atoms with van der Waals surface area (Å²) in [4.78, 5) is 31.9. The van der Waals surface area contributed by atoms with Crippen molar-refractivity contribution in [3.63, 3.8) is 0 Å². The predicted molar refractivity (Wildman–Crippen MR) is 112 cm³/mol. The standard InChI is InChI=1S/C23H29N5O/c1-16-18-7-6-13-27(15-17-10-11-17)22(18)26-21(25-16)20-9-3-5-14-28(20)23(29)19-8-2-4-12-24-19/h2,4,8,12,17,20H,3,5-7,9-11,13-15H2,1H3/t20-/m0/s1. The lowest BCUT2D eigenvalue weighted by atomic mass is 9.99. The van der Waals surface area contributed by atoms with E-state index in [-0.39, 0.29) is 11.9 Å². The quantitative estimate of drug-likeness (QED) is 0.795. The van der Waals surface area contributed by atoms with Crippen LogP contribution in [0.1, 0.15) is 72.1 Å². The van der Waals surface area contributed by atoms with Crippen molar-refractivity contribution in [2.45, 2.75) is 57.9 Å². The Bertz CT molecular complexity index is 896. The van der Waals surface area contributed by atoms with Crippen molar-refractivity contribution in [1.82, 2.24) is 19.9 Å². The van der Waals surface area contributed by atoms with Crippen LogP contribution < -0.4 is 4.90 Å². The van der Waals surface area contributed by atoms with E-state index in [1.165, 1.54) is 24.8 Å². The molecule has 1 saturated carbocycles. The molecular weight excluding hydrogens is 362 g/mol.